The first-order valence-electron chi connectivity index (χ1n) is 6.38. The second-order valence-corrected chi connectivity index (χ2v) is 4.81. The Bertz CT molecular complexity index is 653. The first kappa shape index (κ1) is 14.1. The van der Waals surface area contributed by atoms with Gasteiger partial charge in [0.1, 0.15) is 5.82 Å². The Morgan fingerprint density at radius 2 is 1.70 bits per heavy atom. The molecule has 0 aliphatic heterocycles. The molecular weight excluding hydrogens is 255 g/mol. The molecule has 20 heavy (non-hydrogen) atoms. The Balaban J connectivity index is 2.11. The number of aryl methyl sites for hydroxylation is 2. The lowest BCUT2D eigenvalue weighted by molar-refractivity contribution is 0.262. The molecule has 0 aromatic heterocycles. The fourth-order valence-corrected chi connectivity index (χ4v) is 1.97. The molecule has 3 nitrogen and oxygen atoms in total. The molecule has 0 aliphatic rings. The monoisotopic (exact) mass is 272 g/mol. The van der Waals surface area contributed by atoms with Crippen molar-refractivity contribution in [1.29, 1.82) is 0 Å². The molecule has 2 amide bonds. The van der Waals surface area contributed by atoms with E-state index in [4.69, 9.17) is 0 Å². The third-order valence-electron chi connectivity index (χ3n) is 3.15. The molecule has 0 spiro atoms. The van der Waals surface area contributed by atoms with E-state index in [2.05, 4.69) is 10.6 Å². The highest BCUT2D eigenvalue weighted by Crippen LogP contribution is 2.19. The molecule has 0 unspecified atom stereocenters. The molecule has 0 saturated heterocycles. The van der Waals surface area contributed by atoms with Crippen LogP contribution < -0.4 is 10.6 Å². The van der Waals surface area contributed by atoms with Gasteiger partial charge in [-0.25, -0.2) is 9.18 Å². The van der Waals surface area contributed by atoms with E-state index in [9.17, 15) is 9.18 Å². The molecule has 2 N–H and O–H groups in total. The van der Waals surface area contributed by atoms with Crippen LogP contribution in [0.4, 0.5) is 20.6 Å². The van der Waals surface area contributed by atoms with Crippen LogP contribution in [-0.4, -0.2) is 6.03 Å². The fourth-order valence-electron chi connectivity index (χ4n) is 1.97. The molecule has 0 radical (unpaired) electrons. The standard InChI is InChI=1S/C16H17FN2O/c1-10-7-8-14(11(2)9-10)18-16(20)19-15-6-4-5-13(17)12(15)3/h4-9H,1-3H3,(H2,18,19,20). The molecule has 2 rings (SSSR count). The van der Waals surface area contributed by atoms with Gasteiger partial charge in [-0.2, -0.15) is 0 Å². The van der Waals surface area contributed by atoms with Crippen LogP contribution in [0.15, 0.2) is 36.4 Å². The first-order valence-corrected chi connectivity index (χ1v) is 6.38. The van der Waals surface area contributed by atoms with E-state index in [1.807, 2.05) is 32.0 Å². The lowest BCUT2D eigenvalue weighted by atomic mass is 10.1. The molecule has 0 bridgehead atoms. The van der Waals surface area contributed by atoms with Crippen LogP contribution >= 0.6 is 0 Å². The number of hydrogen-bond donors (Lipinski definition) is 2. The predicted molar refractivity (Wildman–Crippen MR) is 79.7 cm³/mol. The van der Waals surface area contributed by atoms with Crippen molar-refractivity contribution in [2.24, 2.45) is 0 Å². The van der Waals surface area contributed by atoms with Gasteiger partial charge in [0.05, 0.1) is 0 Å². The Morgan fingerprint density at radius 3 is 2.40 bits per heavy atom. The number of urea groups is 1. The summed E-state index contributed by atoms with van der Waals surface area (Å²) in [6, 6.07) is 9.98. The van der Waals surface area contributed by atoms with Crippen molar-refractivity contribution >= 4 is 17.4 Å². The van der Waals surface area contributed by atoms with Gasteiger partial charge in [-0.3, -0.25) is 0 Å². The minimum absolute atomic E-state index is 0.339. The topological polar surface area (TPSA) is 41.1 Å². The van der Waals surface area contributed by atoms with E-state index < -0.39 is 0 Å². The third kappa shape index (κ3) is 3.15. The maximum absolute atomic E-state index is 13.4. The van der Waals surface area contributed by atoms with Crippen LogP contribution in [0.5, 0.6) is 0 Å². The molecule has 104 valence electrons. The van der Waals surface area contributed by atoms with Gasteiger partial charge < -0.3 is 10.6 Å². The summed E-state index contributed by atoms with van der Waals surface area (Å²) in [4.78, 5) is 11.9. The van der Waals surface area contributed by atoms with Crippen LogP contribution in [0.2, 0.25) is 0 Å². The summed E-state index contributed by atoms with van der Waals surface area (Å²) < 4.78 is 13.4. The maximum Gasteiger partial charge on any atom is 0.323 e. The summed E-state index contributed by atoms with van der Waals surface area (Å²) >= 11 is 0. The van der Waals surface area contributed by atoms with Crippen molar-refractivity contribution in [3.05, 3.63) is 58.9 Å². The second kappa shape index (κ2) is 5.74. The van der Waals surface area contributed by atoms with Gasteiger partial charge in [-0.05, 0) is 44.5 Å². The molecule has 2 aromatic carbocycles. The average Bonchev–Trinajstić information content (AvgIpc) is 2.38. The number of halogens is 1. The van der Waals surface area contributed by atoms with Gasteiger partial charge in [0.2, 0.25) is 0 Å². The van der Waals surface area contributed by atoms with E-state index in [1.165, 1.54) is 6.07 Å². The van der Waals surface area contributed by atoms with Gasteiger partial charge >= 0.3 is 6.03 Å². The molecule has 0 fully saturated rings. The summed E-state index contributed by atoms with van der Waals surface area (Å²) in [6.07, 6.45) is 0. The zero-order chi connectivity index (χ0) is 14.7. The van der Waals surface area contributed by atoms with Crippen molar-refractivity contribution < 1.29 is 9.18 Å². The summed E-state index contributed by atoms with van der Waals surface area (Å²) in [5.74, 6) is -0.339. The van der Waals surface area contributed by atoms with Crippen LogP contribution in [0.3, 0.4) is 0 Å². The van der Waals surface area contributed by atoms with Crippen LogP contribution in [0.1, 0.15) is 16.7 Å². The number of nitrogens with one attached hydrogen (secondary N) is 2. The molecule has 0 atom stereocenters. The van der Waals surface area contributed by atoms with E-state index in [0.717, 1.165) is 16.8 Å². The number of carbonyl (C=O) groups excluding carboxylic acids is 1. The van der Waals surface area contributed by atoms with Crippen molar-refractivity contribution in [3.8, 4) is 0 Å². The number of anilines is 2. The lowest BCUT2D eigenvalue weighted by Gasteiger charge is -2.12. The summed E-state index contributed by atoms with van der Waals surface area (Å²) in [5, 5.41) is 5.41. The van der Waals surface area contributed by atoms with Crippen molar-refractivity contribution in [1.82, 2.24) is 0 Å². The van der Waals surface area contributed by atoms with Crippen molar-refractivity contribution in [2.45, 2.75) is 20.8 Å². The van der Waals surface area contributed by atoms with E-state index in [0.29, 0.717) is 11.3 Å². The highest BCUT2D eigenvalue weighted by atomic mass is 19.1. The zero-order valence-corrected chi connectivity index (χ0v) is 11.8. The lowest BCUT2D eigenvalue weighted by Crippen LogP contribution is -2.20. The van der Waals surface area contributed by atoms with E-state index in [1.54, 1.807) is 19.1 Å². The highest BCUT2D eigenvalue weighted by Gasteiger charge is 2.08. The molecule has 2 aromatic rings. The van der Waals surface area contributed by atoms with Crippen molar-refractivity contribution in [3.63, 3.8) is 0 Å². The average molecular weight is 272 g/mol. The number of rotatable bonds is 2. The summed E-state index contributed by atoms with van der Waals surface area (Å²) in [5.41, 5.74) is 3.74. The largest absolute Gasteiger partial charge is 0.323 e. The highest BCUT2D eigenvalue weighted by molar-refractivity contribution is 6.00. The van der Waals surface area contributed by atoms with Gasteiger partial charge in [0.25, 0.3) is 0 Å². The smallest absolute Gasteiger partial charge is 0.307 e. The molecule has 0 saturated carbocycles. The third-order valence-corrected chi connectivity index (χ3v) is 3.15. The predicted octanol–water partition coefficient (Wildman–Crippen LogP) is 4.39. The van der Waals surface area contributed by atoms with Gasteiger partial charge in [0.15, 0.2) is 0 Å². The van der Waals surface area contributed by atoms with Crippen LogP contribution in [0.25, 0.3) is 0 Å². The number of amides is 2. The molecule has 4 heteroatoms. The van der Waals surface area contributed by atoms with Crippen LogP contribution in [-0.2, 0) is 0 Å². The Hall–Kier alpha value is -2.36. The minimum Gasteiger partial charge on any atom is -0.307 e. The van der Waals surface area contributed by atoms with Gasteiger partial charge in [-0.15, -0.1) is 0 Å². The quantitative estimate of drug-likeness (QED) is 0.836. The first-order chi connectivity index (χ1) is 9.47. The van der Waals surface area contributed by atoms with Crippen molar-refractivity contribution in [2.75, 3.05) is 10.6 Å². The fraction of sp³-hybridized carbons (Fsp3) is 0.188. The zero-order valence-electron chi connectivity index (χ0n) is 11.8. The van der Waals surface area contributed by atoms with E-state index >= 15 is 0 Å². The van der Waals surface area contributed by atoms with Gasteiger partial charge in [-0.1, -0.05) is 23.8 Å². The number of carbonyl (C=O) groups is 1. The normalized spacial score (nSPS) is 10.2. The Kier molecular flexibility index (Phi) is 4.03. The van der Waals surface area contributed by atoms with Gasteiger partial charge in [0, 0.05) is 16.9 Å². The number of hydrogen-bond acceptors (Lipinski definition) is 1. The molecule has 0 aliphatic carbocycles. The summed E-state index contributed by atoms with van der Waals surface area (Å²) in [6.45, 7) is 5.55. The van der Waals surface area contributed by atoms with E-state index in [-0.39, 0.29) is 11.8 Å². The minimum atomic E-state index is -0.384. The Morgan fingerprint density at radius 1 is 1.00 bits per heavy atom. The molecule has 0 heterocycles. The summed E-state index contributed by atoms with van der Waals surface area (Å²) in [7, 11) is 0. The SMILES string of the molecule is Cc1ccc(NC(=O)Nc2cccc(F)c2C)c(C)c1. The van der Waals surface area contributed by atoms with Crippen LogP contribution in [0, 0.1) is 26.6 Å². The Labute approximate surface area is 117 Å². The molecular formula is C16H17FN2O. The second-order valence-electron chi connectivity index (χ2n) is 4.81. The maximum atomic E-state index is 13.4. The number of benzene rings is 2.